The van der Waals surface area contributed by atoms with Crippen molar-refractivity contribution in [3.63, 3.8) is 0 Å². The highest BCUT2D eigenvalue weighted by molar-refractivity contribution is 7.99. The highest BCUT2D eigenvalue weighted by Crippen LogP contribution is 2.24. The lowest BCUT2D eigenvalue weighted by Crippen LogP contribution is -2.54. The van der Waals surface area contributed by atoms with E-state index in [9.17, 15) is 24.3 Å². The SMILES string of the molecule is COc1ccc(OC)c(CC(=O)NC(C(=O)NC(CC(=O)O)C(=O)CSCc2ccco2)C(C)C)c1. The molecule has 2 amide bonds. The molecule has 0 bridgehead atoms. The van der Waals surface area contributed by atoms with Crippen molar-refractivity contribution in [3.05, 3.63) is 47.9 Å². The number of amides is 2. The molecule has 1 heterocycles. The number of rotatable bonds is 15. The predicted octanol–water partition coefficient (Wildman–Crippen LogP) is 2.44. The van der Waals surface area contributed by atoms with Crippen LogP contribution < -0.4 is 20.1 Å². The molecule has 36 heavy (non-hydrogen) atoms. The minimum Gasteiger partial charge on any atom is -0.497 e. The zero-order valence-electron chi connectivity index (χ0n) is 20.7. The minimum atomic E-state index is -1.23. The van der Waals surface area contributed by atoms with Crippen molar-refractivity contribution in [1.29, 1.82) is 0 Å². The minimum absolute atomic E-state index is 0.00668. The number of hydrogen-bond acceptors (Lipinski definition) is 8. The van der Waals surface area contributed by atoms with Crippen LogP contribution in [0.4, 0.5) is 0 Å². The first-order valence-corrected chi connectivity index (χ1v) is 12.4. The summed E-state index contributed by atoms with van der Waals surface area (Å²) in [6.07, 6.45) is 0.888. The molecule has 1 aromatic heterocycles. The van der Waals surface area contributed by atoms with E-state index in [1.807, 2.05) is 0 Å². The van der Waals surface area contributed by atoms with Gasteiger partial charge in [0.25, 0.3) is 0 Å². The van der Waals surface area contributed by atoms with E-state index in [2.05, 4.69) is 10.6 Å². The van der Waals surface area contributed by atoms with Crippen LogP contribution in [0.2, 0.25) is 0 Å². The maximum atomic E-state index is 13.0. The highest BCUT2D eigenvalue weighted by atomic mass is 32.2. The third-order valence-corrected chi connectivity index (χ3v) is 6.23. The summed E-state index contributed by atoms with van der Waals surface area (Å²) in [5, 5.41) is 14.5. The van der Waals surface area contributed by atoms with Gasteiger partial charge in [0.05, 0.1) is 50.9 Å². The molecule has 0 saturated heterocycles. The summed E-state index contributed by atoms with van der Waals surface area (Å²) in [5.74, 6) is -0.892. The molecular weight excluding hydrogens is 488 g/mol. The van der Waals surface area contributed by atoms with Crippen LogP contribution in [0.5, 0.6) is 11.5 Å². The Balaban J connectivity index is 2.04. The van der Waals surface area contributed by atoms with E-state index in [-0.39, 0.29) is 18.1 Å². The van der Waals surface area contributed by atoms with E-state index in [4.69, 9.17) is 13.9 Å². The molecule has 11 heteroatoms. The topological polar surface area (TPSA) is 144 Å². The second-order valence-electron chi connectivity index (χ2n) is 8.34. The molecule has 2 atom stereocenters. The average Bonchev–Trinajstić information content (AvgIpc) is 3.35. The number of hydrogen-bond donors (Lipinski definition) is 3. The van der Waals surface area contributed by atoms with Gasteiger partial charge >= 0.3 is 5.97 Å². The van der Waals surface area contributed by atoms with Gasteiger partial charge in [-0.1, -0.05) is 13.8 Å². The van der Waals surface area contributed by atoms with Crippen LogP contribution in [0, 0.1) is 5.92 Å². The van der Waals surface area contributed by atoms with Crippen LogP contribution in [0.25, 0.3) is 0 Å². The third kappa shape index (κ3) is 8.95. The van der Waals surface area contributed by atoms with Gasteiger partial charge in [-0.15, -0.1) is 11.8 Å². The average molecular weight is 521 g/mol. The number of ether oxygens (including phenoxy) is 2. The van der Waals surface area contributed by atoms with Gasteiger partial charge < -0.3 is 29.6 Å². The molecule has 1 aromatic carbocycles. The Kier molecular flexibility index (Phi) is 11.3. The molecule has 2 rings (SSSR count). The maximum Gasteiger partial charge on any atom is 0.305 e. The quantitative estimate of drug-likeness (QED) is 0.322. The van der Waals surface area contributed by atoms with E-state index in [1.54, 1.807) is 44.2 Å². The molecule has 10 nitrogen and oxygen atoms in total. The number of carboxylic acid groups (broad SMARTS) is 1. The highest BCUT2D eigenvalue weighted by Gasteiger charge is 2.30. The number of carboxylic acids is 1. The van der Waals surface area contributed by atoms with Crippen molar-refractivity contribution in [2.45, 2.75) is 44.5 Å². The number of furan rings is 1. The number of thioether (sulfide) groups is 1. The fourth-order valence-corrected chi connectivity index (χ4v) is 4.25. The van der Waals surface area contributed by atoms with Gasteiger partial charge in [0.15, 0.2) is 5.78 Å². The number of carbonyl (C=O) groups excluding carboxylic acids is 3. The van der Waals surface area contributed by atoms with E-state index in [1.165, 1.54) is 32.2 Å². The zero-order chi connectivity index (χ0) is 26.7. The van der Waals surface area contributed by atoms with Crippen LogP contribution >= 0.6 is 11.8 Å². The van der Waals surface area contributed by atoms with E-state index in [0.717, 1.165) is 0 Å². The van der Waals surface area contributed by atoms with Crippen molar-refractivity contribution in [2.24, 2.45) is 5.92 Å². The maximum absolute atomic E-state index is 13.0. The van der Waals surface area contributed by atoms with Gasteiger partial charge in [0.1, 0.15) is 23.3 Å². The monoisotopic (exact) mass is 520 g/mol. The smallest absolute Gasteiger partial charge is 0.305 e. The molecule has 2 unspecified atom stereocenters. The molecule has 196 valence electrons. The Morgan fingerprint density at radius 1 is 1.08 bits per heavy atom. The van der Waals surface area contributed by atoms with Crippen molar-refractivity contribution in [1.82, 2.24) is 10.6 Å². The molecule has 2 aromatic rings. The second kappa shape index (κ2) is 14.2. The normalized spacial score (nSPS) is 12.5. The molecule has 0 aliphatic rings. The Morgan fingerprint density at radius 2 is 1.83 bits per heavy atom. The lowest BCUT2D eigenvalue weighted by atomic mass is 10.0. The molecule has 0 saturated carbocycles. The summed E-state index contributed by atoms with van der Waals surface area (Å²) in [5.41, 5.74) is 0.574. The first-order chi connectivity index (χ1) is 17.1. The van der Waals surface area contributed by atoms with Crippen molar-refractivity contribution < 1.29 is 38.2 Å². The Labute approximate surface area is 214 Å². The third-order valence-electron chi connectivity index (χ3n) is 5.26. The standard InChI is InChI=1S/C25H32N2O8S/c1-15(2)24(27-22(29)11-16-10-17(33-3)7-8-21(16)34-4)25(32)26-19(12-23(30)31)20(28)14-36-13-18-6-5-9-35-18/h5-10,15,19,24H,11-14H2,1-4H3,(H,26,32)(H,27,29)(H,30,31). The largest absolute Gasteiger partial charge is 0.497 e. The van der Waals surface area contributed by atoms with Gasteiger partial charge in [-0.05, 0) is 36.2 Å². The summed E-state index contributed by atoms with van der Waals surface area (Å²) in [7, 11) is 3.00. The lowest BCUT2D eigenvalue weighted by Gasteiger charge is -2.24. The summed E-state index contributed by atoms with van der Waals surface area (Å²) in [6.45, 7) is 3.48. The van der Waals surface area contributed by atoms with Crippen LogP contribution in [-0.4, -0.2) is 60.7 Å². The Bertz CT molecular complexity index is 1040. The van der Waals surface area contributed by atoms with Gasteiger partial charge in [0.2, 0.25) is 11.8 Å². The number of aliphatic carboxylic acids is 1. The van der Waals surface area contributed by atoms with E-state index >= 15 is 0 Å². The predicted molar refractivity (Wildman–Crippen MR) is 134 cm³/mol. The van der Waals surface area contributed by atoms with Gasteiger partial charge in [-0.2, -0.15) is 0 Å². The summed E-state index contributed by atoms with van der Waals surface area (Å²) in [6, 6.07) is 6.35. The summed E-state index contributed by atoms with van der Waals surface area (Å²) < 4.78 is 15.7. The number of Topliss-reactive ketones (excluding diaryl/α,β-unsaturated/α-hetero) is 1. The van der Waals surface area contributed by atoms with Crippen LogP contribution in [-0.2, 0) is 31.4 Å². The number of benzene rings is 1. The fourth-order valence-electron chi connectivity index (χ4n) is 3.38. The van der Waals surface area contributed by atoms with E-state index in [0.29, 0.717) is 28.6 Å². The summed E-state index contributed by atoms with van der Waals surface area (Å²) >= 11 is 1.26. The summed E-state index contributed by atoms with van der Waals surface area (Å²) in [4.78, 5) is 49.8. The van der Waals surface area contributed by atoms with Crippen LogP contribution in [0.1, 0.15) is 31.6 Å². The number of carbonyl (C=O) groups is 4. The molecule has 0 aliphatic carbocycles. The zero-order valence-corrected chi connectivity index (χ0v) is 21.6. The molecular formula is C25H32N2O8S. The number of ketones is 1. The van der Waals surface area contributed by atoms with Crippen molar-refractivity contribution in [2.75, 3.05) is 20.0 Å². The molecule has 0 aliphatic heterocycles. The van der Waals surface area contributed by atoms with E-state index < -0.39 is 42.1 Å². The lowest BCUT2D eigenvalue weighted by molar-refractivity contribution is -0.140. The first-order valence-electron chi connectivity index (χ1n) is 11.3. The van der Waals surface area contributed by atoms with Crippen LogP contribution in [0.3, 0.4) is 0 Å². The Morgan fingerprint density at radius 3 is 2.42 bits per heavy atom. The number of nitrogens with one attached hydrogen (secondary N) is 2. The van der Waals surface area contributed by atoms with Gasteiger partial charge in [-0.3, -0.25) is 19.2 Å². The molecule has 0 fully saturated rings. The molecule has 0 spiro atoms. The fraction of sp³-hybridized carbons (Fsp3) is 0.440. The van der Waals surface area contributed by atoms with Crippen molar-refractivity contribution in [3.8, 4) is 11.5 Å². The van der Waals surface area contributed by atoms with Gasteiger partial charge in [-0.25, -0.2) is 0 Å². The second-order valence-corrected chi connectivity index (χ2v) is 9.33. The van der Waals surface area contributed by atoms with Gasteiger partial charge in [0, 0.05) is 5.56 Å². The van der Waals surface area contributed by atoms with Crippen molar-refractivity contribution >= 4 is 35.3 Å². The first kappa shape index (κ1) is 28.8. The van der Waals surface area contributed by atoms with Crippen LogP contribution in [0.15, 0.2) is 41.0 Å². The molecule has 3 N–H and O–H groups in total. The molecule has 0 radical (unpaired) electrons. The number of methoxy groups -OCH3 is 2. The Hall–Kier alpha value is -3.47.